The summed E-state index contributed by atoms with van der Waals surface area (Å²) >= 11 is 1.43. The smallest absolute Gasteiger partial charge is 0.263 e. The fourth-order valence-electron chi connectivity index (χ4n) is 2.65. The summed E-state index contributed by atoms with van der Waals surface area (Å²) in [7, 11) is 0. The van der Waals surface area contributed by atoms with Crippen molar-refractivity contribution in [2.24, 2.45) is 5.92 Å². The standard InChI is InChI=1S/C21H22FN3O2S/c1-13(2)10-18-25-14(3)19(28-18)20(26)24-12-15-6-5-9-23-21(15)27-17-8-4-7-16(22)11-17/h4-9,11,13H,10,12H2,1-3H3,(H,24,26). The molecule has 0 aliphatic heterocycles. The van der Waals surface area contributed by atoms with E-state index in [1.807, 2.05) is 13.0 Å². The first-order valence-electron chi connectivity index (χ1n) is 9.04. The van der Waals surface area contributed by atoms with Crippen molar-refractivity contribution >= 4 is 17.2 Å². The first-order chi connectivity index (χ1) is 13.4. The molecule has 2 aromatic heterocycles. The van der Waals surface area contributed by atoms with Gasteiger partial charge in [0.15, 0.2) is 0 Å². The van der Waals surface area contributed by atoms with Crippen molar-refractivity contribution in [3.8, 4) is 11.6 Å². The molecule has 0 bridgehead atoms. The number of nitrogens with zero attached hydrogens (tertiary/aromatic N) is 2. The Morgan fingerprint density at radius 1 is 1.29 bits per heavy atom. The molecule has 146 valence electrons. The van der Waals surface area contributed by atoms with Crippen LogP contribution in [0.2, 0.25) is 0 Å². The highest BCUT2D eigenvalue weighted by Crippen LogP contribution is 2.24. The van der Waals surface area contributed by atoms with E-state index >= 15 is 0 Å². The summed E-state index contributed by atoms with van der Waals surface area (Å²) in [6, 6.07) is 9.42. The number of hydrogen-bond donors (Lipinski definition) is 1. The average Bonchev–Trinajstić information content (AvgIpc) is 3.00. The van der Waals surface area contributed by atoms with E-state index in [-0.39, 0.29) is 18.3 Å². The number of amides is 1. The Balaban J connectivity index is 1.69. The van der Waals surface area contributed by atoms with Crippen LogP contribution in [-0.4, -0.2) is 15.9 Å². The molecule has 0 aliphatic carbocycles. The Labute approximate surface area is 167 Å². The lowest BCUT2D eigenvalue weighted by Crippen LogP contribution is -2.23. The zero-order valence-electron chi connectivity index (χ0n) is 16.0. The lowest BCUT2D eigenvalue weighted by atomic mass is 10.1. The van der Waals surface area contributed by atoms with Crippen LogP contribution in [0, 0.1) is 18.7 Å². The summed E-state index contributed by atoms with van der Waals surface area (Å²) in [5.74, 6) is 0.601. The summed E-state index contributed by atoms with van der Waals surface area (Å²) in [6.45, 7) is 6.34. The molecule has 0 unspecified atom stereocenters. The van der Waals surface area contributed by atoms with E-state index in [0.717, 1.165) is 17.1 Å². The molecule has 0 spiro atoms. The van der Waals surface area contributed by atoms with Crippen molar-refractivity contribution in [1.82, 2.24) is 15.3 Å². The molecule has 0 saturated heterocycles. The van der Waals surface area contributed by atoms with Crippen LogP contribution in [0.3, 0.4) is 0 Å². The van der Waals surface area contributed by atoms with Crippen molar-refractivity contribution in [3.63, 3.8) is 0 Å². The summed E-state index contributed by atoms with van der Waals surface area (Å²) < 4.78 is 19.1. The second-order valence-corrected chi connectivity index (χ2v) is 7.91. The number of thiazole rings is 1. The number of carbonyl (C=O) groups is 1. The van der Waals surface area contributed by atoms with Gasteiger partial charge in [-0.1, -0.05) is 26.0 Å². The van der Waals surface area contributed by atoms with Crippen LogP contribution in [0.15, 0.2) is 42.6 Å². The Hall–Kier alpha value is -2.80. The highest BCUT2D eigenvalue weighted by atomic mass is 32.1. The van der Waals surface area contributed by atoms with E-state index in [4.69, 9.17) is 4.74 Å². The first-order valence-corrected chi connectivity index (χ1v) is 9.86. The minimum atomic E-state index is -0.388. The van der Waals surface area contributed by atoms with Gasteiger partial charge in [-0.05, 0) is 31.0 Å². The number of hydrogen-bond acceptors (Lipinski definition) is 5. The topological polar surface area (TPSA) is 64.1 Å². The van der Waals surface area contributed by atoms with Gasteiger partial charge >= 0.3 is 0 Å². The van der Waals surface area contributed by atoms with Gasteiger partial charge in [-0.25, -0.2) is 14.4 Å². The summed E-state index contributed by atoms with van der Waals surface area (Å²) in [5.41, 5.74) is 1.44. The number of benzene rings is 1. The number of rotatable bonds is 7. The number of pyridine rings is 1. The van der Waals surface area contributed by atoms with Gasteiger partial charge in [0.25, 0.3) is 5.91 Å². The Bertz CT molecular complexity index is 972. The van der Waals surface area contributed by atoms with Crippen molar-refractivity contribution in [2.45, 2.75) is 33.7 Å². The predicted octanol–water partition coefficient (Wildman–Crippen LogP) is 4.91. The number of aryl methyl sites for hydroxylation is 1. The first kappa shape index (κ1) is 19.9. The van der Waals surface area contributed by atoms with Crippen molar-refractivity contribution in [2.75, 3.05) is 0 Å². The Morgan fingerprint density at radius 3 is 2.86 bits per heavy atom. The Morgan fingerprint density at radius 2 is 2.11 bits per heavy atom. The van der Waals surface area contributed by atoms with Gasteiger partial charge in [0.2, 0.25) is 5.88 Å². The number of halogens is 1. The minimum Gasteiger partial charge on any atom is -0.439 e. The van der Waals surface area contributed by atoms with Crippen LogP contribution in [0.5, 0.6) is 11.6 Å². The highest BCUT2D eigenvalue weighted by Gasteiger charge is 2.16. The lowest BCUT2D eigenvalue weighted by molar-refractivity contribution is 0.0954. The number of ether oxygens (including phenoxy) is 1. The molecule has 3 aromatic rings. The number of aromatic nitrogens is 2. The summed E-state index contributed by atoms with van der Waals surface area (Å²) in [6.07, 6.45) is 2.44. The maximum absolute atomic E-state index is 13.4. The molecule has 0 aliphatic rings. The molecule has 28 heavy (non-hydrogen) atoms. The molecule has 1 amide bonds. The van der Waals surface area contributed by atoms with E-state index < -0.39 is 0 Å². The van der Waals surface area contributed by atoms with Crippen LogP contribution in [0.1, 0.15) is 39.8 Å². The van der Waals surface area contributed by atoms with E-state index in [9.17, 15) is 9.18 Å². The average molecular weight is 399 g/mol. The minimum absolute atomic E-state index is 0.175. The molecule has 1 aromatic carbocycles. The van der Waals surface area contributed by atoms with E-state index in [2.05, 4.69) is 29.1 Å². The second kappa shape index (κ2) is 8.93. The molecule has 2 heterocycles. The molecule has 7 heteroatoms. The molecule has 5 nitrogen and oxygen atoms in total. The molecule has 3 rings (SSSR count). The molecular weight excluding hydrogens is 377 g/mol. The van der Waals surface area contributed by atoms with Crippen molar-refractivity contribution in [1.29, 1.82) is 0 Å². The van der Waals surface area contributed by atoms with Crippen molar-refractivity contribution in [3.05, 3.63) is 69.6 Å². The zero-order valence-corrected chi connectivity index (χ0v) is 16.8. The quantitative estimate of drug-likeness (QED) is 0.613. The van der Waals surface area contributed by atoms with Crippen molar-refractivity contribution < 1.29 is 13.9 Å². The lowest BCUT2D eigenvalue weighted by Gasteiger charge is -2.10. The molecule has 1 N–H and O–H groups in total. The Kier molecular flexibility index (Phi) is 6.36. The third kappa shape index (κ3) is 5.13. The third-order valence-corrected chi connectivity index (χ3v) is 5.11. The maximum Gasteiger partial charge on any atom is 0.263 e. The van der Waals surface area contributed by atoms with Crippen LogP contribution < -0.4 is 10.1 Å². The largest absolute Gasteiger partial charge is 0.439 e. The summed E-state index contributed by atoms with van der Waals surface area (Å²) in [4.78, 5) is 21.9. The molecule has 0 saturated carbocycles. The van der Waals surface area contributed by atoms with Gasteiger partial charge < -0.3 is 10.1 Å². The van der Waals surface area contributed by atoms with E-state index in [1.54, 1.807) is 24.4 Å². The summed E-state index contributed by atoms with van der Waals surface area (Å²) in [5, 5.41) is 3.86. The van der Waals surface area contributed by atoms with Crippen LogP contribution in [0.25, 0.3) is 0 Å². The number of carbonyl (C=O) groups excluding carboxylic acids is 1. The SMILES string of the molecule is Cc1nc(CC(C)C)sc1C(=O)NCc1cccnc1Oc1cccc(F)c1. The van der Waals surface area contributed by atoms with Gasteiger partial charge in [-0.15, -0.1) is 11.3 Å². The monoisotopic (exact) mass is 399 g/mol. The second-order valence-electron chi connectivity index (χ2n) is 6.83. The highest BCUT2D eigenvalue weighted by molar-refractivity contribution is 7.13. The zero-order chi connectivity index (χ0) is 20.1. The number of nitrogens with one attached hydrogen (secondary N) is 1. The van der Waals surface area contributed by atoms with Gasteiger partial charge in [0, 0.05) is 30.8 Å². The van der Waals surface area contributed by atoms with Crippen LogP contribution in [0.4, 0.5) is 4.39 Å². The predicted molar refractivity (Wildman–Crippen MR) is 107 cm³/mol. The van der Waals surface area contributed by atoms with Gasteiger partial charge in [0.1, 0.15) is 16.4 Å². The van der Waals surface area contributed by atoms with Gasteiger partial charge in [-0.2, -0.15) is 0 Å². The molecular formula is C21H22FN3O2S. The fraction of sp³-hybridized carbons (Fsp3) is 0.286. The third-order valence-electron chi connectivity index (χ3n) is 3.93. The van der Waals surface area contributed by atoms with E-state index in [1.165, 1.54) is 23.5 Å². The fourth-order valence-corrected chi connectivity index (χ4v) is 3.84. The van der Waals surface area contributed by atoms with Gasteiger partial charge in [-0.3, -0.25) is 4.79 Å². The van der Waals surface area contributed by atoms with E-state index in [0.29, 0.717) is 28.0 Å². The van der Waals surface area contributed by atoms with Crippen LogP contribution in [-0.2, 0) is 13.0 Å². The normalized spacial score (nSPS) is 10.9. The molecule has 0 radical (unpaired) electrons. The molecule has 0 fully saturated rings. The van der Waals surface area contributed by atoms with Crippen LogP contribution >= 0.6 is 11.3 Å². The van der Waals surface area contributed by atoms with Gasteiger partial charge in [0.05, 0.1) is 10.7 Å². The molecule has 0 atom stereocenters. The maximum atomic E-state index is 13.4.